The van der Waals surface area contributed by atoms with Crippen LogP contribution >= 0.6 is 0 Å². The zero-order valence-electron chi connectivity index (χ0n) is 12.4. The molecule has 2 amide bonds. The van der Waals surface area contributed by atoms with Gasteiger partial charge in [0.1, 0.15) is 11.8 Å². The lowest BCUT2D eigenvalue weighted by Crippen LogP contribution is -2.38. The van der Waals surface area contributed by atoms with Crippen molar-refractivity contribution in [2.24, 2.45) is 0 Å². The molecule has 2 rings (SSSR count). The Bertz CT molecular complexity index is 665. The lowest BCUT2D eigenvalue weighted by molar-refractivity contribution is -0.136. The second-order valence-corrected chi connectivity index (χ2v) is 4.98. The molecule has 0 radical (unpaired) electrons. The van der Waals surface area contributed by atoms with Crippen molar-refractivity contribution in [1.29, 1.82) is 0 Å². The second kappa shape index (κ2) is 6.91. The summed E-state index contributed by atoms with van der Waals surface area (Å²) in [6, 6.07) is 7.87. The zero-order valence-corrected chi connectivity index (χ0v) is 12.4. The van der Waals surface area contributed by atoms with Gasteiger partial charge in [-0.3, -0.25) is 9.59 Å². The average Bonchev–Trinajstić information content (AvgIpc) is 3.02. The van der Waals surface area contributed by atoms with E-state index in [2.05, 4.69) is 10.6 Å². The van der Waals surface area contributed by atoms with Gasteiger partial charge in [0.05, 0.1) is 12.9 Å². The summed E-state index contributed by atoms with van der Waals surface area (Å²) < 4.78 is 5.11. The largest absolute Gasteiger partial charge is 0.467 e. The van der Waals surface area contributed by atoms with E-state index in [1.807, 2.05) is 19.9 Å². The quantitative estimate of drug-likeness (QED) is 0.749. The van der Waals surface area contributed by atoms with Crippen molar-refractivity contribution in [2.75, 3.05) is 11.9 Å². The normalized spacial score (nSPS) is 11.8. The molecule has 1 heterocycles. The van der Waals surface area contributed by atoms with Gasteiger partial charge in [0.25, 0.3) is 0 Å². The maximum atomic E-state index is 11.9. The highest BCUT2D eigenvalue weighted by atomic mass is 16.3. The Hall–Kier alpha value is -2.60. The molecule has 3 N–H and O–H groups in total. The third kappa shape index (κ3) is 3.73. The fraction of sp³-hybridized carbons (Fsp3) is 0.250. The van der Waals surface area contributed by atoms with Gasteiger partial charge in [-0.2, -0.15) is 0 Å². The fourth-order valence-corrected chi connectivity index (χ4v) is 1.93. The number of amides is 2. The first kappa shape index (κ1) is 15.8. The molecule has 1 atom stereocenters. The van der Waals surface area contributed by atoms with Gasteiger partial charge in [-0.1, -0.05) is 6.07 Å². The Morgan fingerprint density at radius 1 is 1.18 bits per heavy atom. The maximum Gasteiger partial charge on any atom is 0.313 e. The van der Waals surface area contributed by atoms with Crippen LogP contribution in [-0.2, 0) is 9.59 Å². The van der Waals surface area contributed by atoms with E-state index in [-0.39, 0.29) is 6.61 Å². The average molecular weight is 302 g/mol. The predicted molar refractivity (Wildman–Crippen MR) is 81.2 cm³/mol. The third-order valence-corrected chi connectivity index (χ3v) is 3.35. The Labute approximate surface area is 128 Å². The molecule has 0 saturated carbocycles. The van der Waals surface area contributed by atoms with E-state index in [0.717, 1.165) is 11.1 Å². The summed E-state index contributed by atoms with van der Waals surface area (Å²) in [6.45, 7) is 3.52. The first-order chi connectivity index (χ1) is 10.5. The lowest BCUT2D eigenvalue weighted by atomic mass is 10.1. The molecule has 6 nitrogen and oxygen atoms in total. The molecule has 2 aromatic rings. The number of aliphatic hydroxyl groups is 1. The molecule has 22 heavy (non-hydrogen) atoms. The molecule has 0 aliphatic carbocycles. The van der Waals surface area contributed by atoms with Crippen LogP contribution in [0.3, 0.4) is 0 Å². The summed E-state index contributed by atoms with van der Waals surface area (Å²) in [5.74, 6) is -1.25. The molecule has 1 aromatic heterocycles. The van der Waals surface area contributed by atoms with Crippen molar-refractivity contribution in [2.45, 2.75) is 19.9 Å². The number of aliphatic hydroxyl groups excluding tert-OH is 1. The van der Waals surface area contributed by atoms with E-state index in [1.165, 1.54) is 6.26 Å². The van der Waals surface area contributed by atoms with Crippen molar-refractivity contribution < 1.29 is 19.1 Å². The molecule has 1 unspecified atom stereocenters. The number of anilines is 1. The molecule has 0 fully saturated rings. The van der Waals surface area contributed by atoms with Crippen LogP contribution in [0.5, 0.6) is 0 Å². The number of benzene rings is 1. The first-order valence-electron chi connectivity index (χ1n) is 6.84. The summed E-state index contributed by atoms with van der Waals surface area (Å²) in [6.07, 6.45) is 1.43. The molecular weight excluding hydrogens is 284 g/mol. The van der Waals surface area contributed by atoms with Crippen LogP contribution in [0, 0.1) is 13.8 Å². The summed E-state index contributed by atoms with van der Waals surface area (Å²) in [4.78, 5) is 23.8. The van der Waals surface area contributed by atoms with Gasteiger partial charge in [0.15, 0.2) is 0 Å². The molecular formula is C16H18N2O4. The highest BCUT2D eigenvalue weighted by Crippen LogP contribution is 2.15. The first-order valence-corrected chi connectivity index (χ1v) is 6.84. The van der Waals surface area contributed by atoms with Crippen molar-refractivity contribution >= 4 is 17.5 Å². The molecule has 0 saturated heterocycles. The Morgan fingerprint density at radius 3 is 2.55 bits per heavy atom. The molecule has 0 spiro atoms. The predicted octanol–water partition coefficient (Wildman–Crippen LogP) is 1.68. The van der Waals surface area contributed by atoms with Crippen LogP contribution in [0.1, 0.15) is 22.9 Å². The van der Waals surface area contributed by atoms with Crippen molar-refractivity contribution in [3.8, 4) is 0 Å². The lowest BCUT2D eigenvalue weighted by Gasteiger charge is -2.14. The standard InChI is InChI=1S/C16H18N2O4/c1-10-5-6-12(8-11(10)2)17-15(20)16(21)18-13(9-19)14-4-3-7-22-14/h3-8,13,19H,9H2,1-2H3,(H,17,20)(H,18,21). The van der Waals surface area contributed by atoms with Crippen LogP contribution in [0.4, 0.5) is 5.69 Å². The van der Waals surface area contributed by atoms with Crippen molar-refractivity contribution in [3.63, 3.8) is 0 Å². The van der Waals surface area contributed by atoms with Gasteiger partial charge in [-0.25, -0.2) is 0 Å². The van der Waals surface area contributed by atoms with Gasteiger partial charge in [0.2, 0.25) is 0 Å². The summed E-state index contributed by atoms with van der Waals surface area (Å²) in [7, 11) is 0. The van der Waals surface area contributed by atoms with Crippen LogP contribution in [0.2, 0.25) is 0 Å². The zero-order chi connectivity index (χ0) is 16.1. The number of rotatable bonds is 4. The minimum Gasteiger partial charge on any atom is -0.467 e. The van der Waals surface area contributed by atoms with Crippen molar-refractivity contribution in [3.05, 3.63) is 53.5 Å². The molecule has 6 heteroatoms. The van der Waals surface area contributed by atoms with Gasteiger partial charge in [-0.05, 0) is 49.2 Å². The topological polar surface area (TPSA) is 91.6 Å². The number of aryl methyl sites for hydroxylation is 2. The maximum absolute atomic E-state index is 11.9. The highest BCUT2D eigenvalue weighted by molar-refractivity contribution is 6.39. The van der Waals surface area contributed by atoms with Crippen LogP contribution in [-0.4, -0.2) is 23.5 Å². The number of hydrogen-bond acceptors (Lipinski definition) is 4. The minimum absolute atomic E-state index is 0.365. The smallest absolute Gasteiger partial charge is 0.313 e. The molecule has 1 aromatic carbocycles. The molecule has 0 bridgehead atoms. The monoisotopic (exact) mass is 302 g/mol. The minimum atomic E-state index is -0.839. The van der Waals surface area contributed by atoms with E-state index in [0.29, 0.717) is 11.4 Å². The Balaban J connectivity index is 1.99. The molecule has 0 aliphatic heterocycles. The van der Waals surface area contributed by atoms with Gasteiger partial charge < -0.3 is 20.2 Å². The highest BCUT2D eigenvalue weighted by Gasteiger charge is 2.21. The second-order valence-electron chi connectivity index (χ2n) is 4.98. The number of carbonyl (C=O) groups excluding carboxylic acids is 2. The third-order valence-electron chi connectivity index (χ3n) is 3.35. The number of carbonyl (C=O) groups is 2. The van der Waals surface area contributed by atoms with Gasteiger partial charge in [-0.15, -0.1) is 0 Å². The number of nitrogens with one attached hydrogen (secondary N) is 2. The number of hydrogen-bond donors (Lipinski definition) is 3. The summed E-state index contributed by atoms with van der Waals surface area (Å²) >= 11 is 0. The number of furan rings is 1. The van der Waals surface area contributed by atoms with E-state index in [1.54, 1.807) is 24.3 Å². The van der Waals surface area contributed by atoms with Crippen LogP contribution in [0.25, 0.3) is 0 Å². The van der Waals surface area contributed by atoms with E-state index in [9.17, 15) is 14.7 Å². The van der Waals surface area contributed by atoms with Crippen LogP contribution in [0.15, 0.2) is 41.0 Å². The fourth-order valence-electron chi connectivity index (χ4n) is 1.93. The van der Waals surface area contributed by atoms with Crippen LogP contribution < -0.4 is 10.6 Å². The van der Waals surface area contributed by atoms with E-state index in [4.69, 9.17) is 4.42 Å². The molecule has 116 valence electrons. The molecule has 0 aliphatic rings. The van der Waals surface area contributed by atoms with Gasteiger partial charge in [0, 0.05) is 5.69 Å². The van der Waals surface area contributed by atoms with Crippen molar-refractivity contribution in [1.82, 2.24) is 5.32 Å². The van der Waals surface area contributed by atoms with E-state index < -0.39 is 17.9 Å². The summed E-state index contributed by atoms with van der Waals surface area (Å²) in [5, 5.41) is 14.2. The summed E-state index contributed by atoms with van der Waals surface area (Å²) in [5.41, 5.74) is 2.66. The Morgan fingerprint density at radius 2 is 1.95 bits per heavy atom. The van der Waals surface area contributed by atoms with E-state index >= 15 is 0 Å². The SMILES string of the molecule is Cc1ccc(NC(=O)C(=O)NC(CO)c2ccco2)cc1C. The van der Waals surface area contributed by atoms with Gasteiger partial charge >= 0.3 is 11.8 Å². The Kier molecular flexibility index (Phi) is 4.95.